The normalized spacial score (nSPS) is 15.6. The van der Waals surface area contributed by atoms with E-state index in [1.807, 2.05) is 0 Å². The number of nitrogens with zero attached hydrogens (tertiary/aromatic N) is 4. The lowest BCUT2D eigenvalue weighted by molar-refractivity contribution is -0.138. The number of thiazole rings is 1. The maximum absolute atomic E-state index is 14.8. The van der Waals surface area contributed by atoms with Gasteiger partial charge in [-0.15, -0.1) is 11.3 Å². The highest BCUT2D eigenvalue weighted by Gasteiger charge is 2.41. The first kappa shape index (κ1) is 27.8. The van der Waals surface area contributed by atoms with Gasteiger partial charge in [0.25, 0.3) is 5.91 Å². The van der Waals surface area contributed by atoms with E-state index in [2.05, 4.69) is 20.5 Å². The molecule has 0 unspecified atom stereocenters. The summed E-state index contributed by atoms with van der Waals surface area (Å²) >= 11 is 7.39. The number of hydrogen-bond donors (Lipinski definition) is 2. The quantitative estimate of drug-likeness (QED) is 0.254. The minimum atomic E-state index is -4.82. The highest BCUT2D eigenvalue weighted by atomic mass is 35.5. The van der Waals surface area contributed by atoms with E-state index in [0.29, 0.717) is 36.6 Å². The third kappa shape index (κ3) is 6.03. The van der Waals surface area contributed by atoms with Crippen LogP contribution in [0.1, 0.15) is 28.9 Å². The molecule has 2 aromatic heterocycles. The molecule has 4 aromatic rings. The number of rotatable bonds is 7. The lowest BCUT2D eigenvalue weighted by Crippen LogP contribution is -2.40. The van der Waals surface area contributed by atoms with Gasteiger partial charge in [-0.1, -0.05) is 23.7 Å². The molecule has 1 saturated heterocycles. The van der Waals surface area contributed by atoms with E-state index < -0.39 is 23.4 Å². The molecular formula is C27H24ClF3N6O2S. The van der Waals surface area contributed by atoms with Crippen molar-refractivity contribution in [3.8, 4) is 22.1 Å². The number of alkyl halides is 3. The van der Waals surface area contributed by atoms with E-state index in [4.69, 9.17) is 22.1 Å². The Morgan fingerprint density at radius 3 is 2.73 bits per heavy atom. The molecule has 0 bridgehead atoms. The summed E-state index contributed by atoms with van der Waals surface area (Å²) in [6.45, 7) is 0.989. The Balaban J connectivity index is 1.56. The summed E-state index contributed by atoms with van der Waals surface area (Å²) in [7, 11) is 0. The molecule has 0 aliphatic carbocycles. The highest BCUT2D eigenvalue weighted by molar-refractivity contribution is 7.13. The van der Waals surface area contributed by atoms with Crippen LogP contribution in [0.5, 0.6) is 11.5 Å². The number of nitrogens with one attached hydrogen (secondary N) is 1. The number of nitrogens with two attached hydrogens (primary N) is 1. The Kier molecular flexibility index (Phi) is 8.19. The van der Waals surface area contributed by atoms with E-state index in [1.165, 1.54) is 53.4 Å². The van der Waals surface area contributed by atoms with E-state index in [-0.39, 0.29) is 33.8 Å². The number of piperidine rings is 1. The number of amides is 1. The number of hydrogen-bond acceptors (Lipinski definition) is 8. The van der Waals surface area contributed by atoms with Gasteiger partial charge in [0.05, 0.1) is 28.8 Å². The van der Waals surface area contributed by atoms with Crippen LogP contribution >= 0.6 is 22.9 Å². The number of ether oxygens (including phenoxy) is 1. The third-order valence-corrected chi connectivity index (χ3v) is 7.67. The number of benzene rings is 2. The molecule has 3 N–H and O–H groups in total. The van der Waals surface area contributed by atoms with Gasteiger partial charge in [-0.05, 0) is 55.6 Å². The first-order valence-electron chi connectivity index (χ1n) is 12.4. The van der Waals surface area contributed by atoms with E-state index >= 15 is 0 Å². The van der Waals surface area contributed by atoms with Crippen molar-refractivity contribution in [2.75, 3.05) is 29.9 Å². The molecule has 1 amide bonds. The first-order chi connectivity index (χ1) is 19.2. The SMILES string of the molecule is NC[C@@H]1CCCN(c2c(NC(=O)c3csc(-c4ccnnc4)n3)ccc(Oc3ccccc3Cl)c2C(F)(F)F)C1. The molecule has 40 heavy (non-hydrogen) atoms. The van der Waals surface area contributed by atoms with E-state index in [9.17, 15) is 18.0 Å². The smallest absolute Gasteiger partial charge is 0.422 e. The van der Waals surface area contributed by atoms with Crippen LogP contribution in [0.15, 0.2) is 60.2 Å². The number of aromatic nitrogens is 3. The molecule has 1 aliphatic heterocycles. The average molecular weight is 589 g/mol. The van der Waals surface area contributed by atoms with E-state index in [1.54, 1.807) is 23.1 Å². The molecule has 0 spiro atoms. The van der Waals surface area contributed by atoms with Crippen LogP contribution < -0.4 is 20.7 Å². The van der Waals surface area contributed by atoms with Crippen LogP contribution in [-0.2, 0) is 6.18 Å². The van der Waals surface area contributed by atoms with Crippen LogP contribution in [-0.4, -0.2) is 40.7 Å². The van der Waals surface area contributed by atoms with Crippen LogP contribution in [0.25, 0.3) is 10.6 Å². The third-order valence-electron chi connectivity index (χ3n) is 6.46. The van der Waals surface area contributed by atoms with Gasteiger partial charge in [0.15, 0.2) is 0 Å². The van der Waals surface area contributed by atoms with Gasteiger partial charge in [0.2, 0.25) is 0 Å². The lowest BCUT2D eigenvalue weighted by atomic mass is 9.96. The maximum atomic E-state index is 14.8. The molecule has 13 heteroatoms. The Morgan fingerprint density at radius 1 is 1.18 bits per heavy atom. The Bertz CT molecular complexity index is 1500. The summed E-state index contributed by atoms with van der Waals surface area (Å²) in [6.07, 6.45) is -0.351. The van der Waals surface area contributed by atoms with Gasteiger partial charge in [0, 0.05) is 24.0 Å². The molecule has 3 heterocycles. The zero-order valence-corrected chi connectivity index (χ0v) is 22.6. The van der Waals surface area contributed by atoms with Gasteiger partial charge < -0.3 is 20.7 Å². The number of anilines is 2. The van der Waals surface area contributed by atoms with Crippen LogP contribution in [0, 0.1) is 5.92 Å². The molecule has 208 valence electrons. The van der Waals surface area contributed by atoms with Gasteiger partial charge in [0.1, 0.15) is 27.8 Å². The van der Waals surface area contributed by atoms with Crippen molar-refractivity contribution >= 4 is 40.2 Å². The number of carbonyl (C=O) groups excluding carboxylic acids is 1. The molecule has 1 aliphatic rings. The van der Waals surface area contributed by atoms with Crippen LogP contribution in [0.4, 0.5) is 24.5 Å². The highest BCUT2D eigenvalue weighted by Crippen LogP contribution is 2.49. The fraction of sp³-hybridized carbons (Fsp3) is 0.259. The van der Waals surface area contributed by atoms with Gasteiger partial charge >= 0.3 is 6.18 Å². The summed E-state index contributed by atoms with van der Waals surface area (Å²) in [5.74, 6) is -0.992. The Hall–Kier alpha value is -3.74. The monoisotopic (exact) mass is 588 g/mol. The standard InChI is InChI=1S/C27H24ClF3N6O2S/c28-18-5-1-2-6-21(18)39-22-8-7-19(24(23(22)27(29,30)31)37-11-3-4-16(12-32)14-37)35-25(38)20-15-40-26(36-20)17-9-10-33-34-13-17/h1-2,5-10,13,15-16H,3-4,11-12,14,32H2,(H,35,38)/t16-/m0/s1. The topological polar surface area (TPSA) is 106 Å². The molecule has 1 fully saturated rings. The number of halogens is 4. The molecule has 2 aromatic carbocycles. The van der Waals surface area contributed by atoms with Crippen LogP contribution in [0.3, 0.4) is 0 Å². The molecule has 0 radical (unpaired) electrons. The molecular weight excluding hydrogens is 565 g/mol. The summed E-state index contributed by atoms with van der Waals surface area (Å²) < 4.78 is 50.0. The summed E-state index contributed by atoms with van der Waals surface area (Å²) in [4.78, 5) is 19.2. The lowest BCUT2D eigenvalue weighted by Gasteiger charge is -2.37. The first-order valence-corrected chi connectivity index (χ1v) is 13.7. The van der Waals surface area contributed by atoms with E-state index in [0.717, 1.165) is 6.42 Å². The van der Waals surface area contributed by atoms with Crippen molar-refractivity contribution in [3.05, 3.63) is 76.5 Å². The van der Waals surface area contributed by atoms with Gasteiger partial charge in [-0.3, -0.25) is 4.79 Å². The molecule has 5 rings (SSSR count). The maximum Gasteiger partial charge on any atom is 0.422 e. The second-order valence-electron chi connectivity index (χ2n) is 9.18. The molecule has 0 saturated carbocycles. The minimum Gasteiger partial charge on any atom is -0.455 e. The zero-order valence-electron chi connectivity index (χ0n) is 21.0. The minimum absolute atomic E-state index is 0.00148. The van der Waals surface area contributed by atoms with Crippen molar-refractivity contribution in [2.45, 2.75) is 19.0 Å². The van der Waals surface area contributed by atoms with Crippen molar-refractivity contribution in [1.82, 2.24) is 15.2 Å². The molecule has 8 nitrogen and oxygen atoms in total. The fourth-order valence-corrected chi connectivity index (χ4v) is 5.55. The van der Waals surface area contributed by atoms with Crippen molar-refractivity contribution in [3.63, 3.8) is 0 Å². The second kappa shape index (κ2) is 11.8. The predicted molar refractivity (Wildman–Crippen MR) is 148 cm³/mol. The average Bonchev–Trinajstić information content (AvgIpc) is 3.45. The number of para-hydroxylation sites is 1. The summed E-state index contributed by atoms with van der Waals surface area (Å²) in [5, 5.41) is 12.4. The zero-order chi connectivity index (χ0) is 28.3. The van der Waals surface area contributed by atoms with Gasteiger partial charge in [-0.25, -0.2) is 4.98 Å². The van der Waals surface area contributed by atoms with Gasteiger partial charge in [-0.2, -0.15) is 23.4 Å². The van der Waals surface area contributed by atoms with Crippen molar-refractivity contribution in [1.29, 1.82) is 0 Å². The van der Waals surface area contributed by atoms with Crippen LogP contribution in [0.2, 0.25) is 5.02 Å². The largest absolute Gasteiger partial charge is 0.455 e. The fourth-order valence-electron chi connectivity index (χ4n) is 4.58. The summed E-state index contributed by atoms with van der Waals surface area (Å²) in [6, 6.07) is 10.6. The number of carbonyl (C=O) groups is 1. The second-order valence-corrected chi connectivity index (χ2v) is 10.4. The summed E-state index contributed by atoms with van der Waals surface area (Å²) in [5.41, 5.74) is 5.41. The predicted octanol–water partition coefficient (Wildman–Crippen LogP) is 6.49. The Labute approximate surface area is 237 Å². The molecule has 1 atom stereocenters. The van der Waals surface area contributed by atoms with Crippen molar-refractivity contribution < 1.29 is 22.7 Å². The Morgan fingerprint density at radius 2 is 2.00 bits per heavy atom. The van der Waals surface area contributed by atoms with Crippen molar-refractivity contribution in [2.24, 2.45) is 11.7 Å².